The topological polar surface area (TPSA) is 71.7 Å². The highest BCUT2D eigenvalue weighted by Crippen LogP contribution is 2.10. The van der Waals surface area contributed by atoms with Crippen LogP contribution in [-0.2, 0) is 18.0 Å². The molecule has 5 nitrogen and oxygen atoms in total. The number of carboxylic acid groups (broad SMARTS) is 1. The molecule has 0 fully saturated rings. The summed E-state index contributed by atoms with van der Waals surface area (Å²) in [6.07, 6.45) is 1.34. The highest BCUT2D eigenvalue weighted by atomic mass is 16.6. The van der Waals surface area contributed by atoms with Gasteiger partial charge in [0.05, 0.1) is 19.4 Å². The number of rotatable bonds is 6. The Morgan fingerprint density at radius 3 is 2.78 bits per heavy atom. The summed E-state index contributed by atoms with van der Waals surface area (Å²) < 4.78 is 5.05. The van der Waals surface area contributed by atoms with Crippen LogP contribution < -0.4 is 5.48 Å². The Labute approximate surface area is 104 Å². The number of hydrogen-bond acceptors (Lipinski definition) is 4. The van der Waals surface area contributed by atoms with Crippen molar-refractivity contribution < 1.29 is 19.2 Å². The summed E-state index contributed by atoms with van der Waals surface area (Å²) in [5, 5.41) is 8.86. The highest BCUT2D eigenvalue weighted by molar-refractivity contribution is 5.88. The fourth-order valence-corrected chi connectivity index (χ4v) is 1.49. The predicted octanol–water partition coefficient (Wildman–Crippen LogP) is 2.20. The molecule has 2 aromatic rings. The Bertz CT molecular complexity index is 507. The SMILES string of the molecule is O=C(O)c1ccoc1CNOCc1ccccc1. The van der Waals surface area contributed by atoms with Gasteiger partial charge in [0, 0.05) is 0 Å². The van der Waals surface area contributed by atoms with Gasteiger partial charge < -0.3 is 9.52 Å². The van der Waals surface area contributed by atoms with Crippen molar-refractivity contribution in [2.24, 2.45) is 0 Å². The molecular formula is C13H13NO4. The molecule has 0 bridgehead atoms. The zero-order valence-electron chi connectivity index (χ0n) is 9.63. The molecular weight excluding hydrogens is 234 g/mol. The van der Waals surface area contributed by atoms with Crippen LogP contribution >= 0.6 is 0 Å². The van der Waals surface area contributed by atoms with E-state index < -0.39 is 5.97 Å². The van der Waals surface area contributed by atoms with E-state index in [1.165, 1.54) is 12.3 Å². The zero-order chi connectivity index (χ0) is 12.8. The molecule has 1 aromatic carbocycles. The average molecular weight is 247 g/mol. The standard InChI is InChI=1S/C13H13NO4/c15-13(16)11-6-7-17-12(11)8-14-18-9-10-4-2-1-3-5-10/h1-7,14H,8-9H2,(H,15,16). The van der Waals surface area contributed by atoms with Gasteiger partial charge in [-0.2, -0.15) is 5.48 Å². The van der Waals surface area contributed by atoms with Gasteiger partial charge in [0.2, 0.25) is 0 Å². The molecule has 0 saturated heterocycles. The maximum Gasteiger partial charge on any atom is 0.339 e. The molecule has 0 amide bonds. The lowest BCUT2D eigenvalue weighted by molar-refractivity contribution is 0.0198. The van der Waals surface area contributed by atoms with Gasteiger partial charge in [0.15, 0.2) is 0 Å². The number of hydroxylamine groups is 1. The third kappa shape index (κ3) is 3.19. The van der Waals surface area contributed by atoms with Crippen molar-refractivity contribution in [1.29, 1.82) is 0 Å². The molecule has 0 radical (unpaired) electrons. The molecule has 94 valence electrons. The second-order valence-electron chi connectivity index (χ2n) is 3.66. The number of hydrogen-bond donors (Lipinski definition) is 2. The van der Waals surface area contributed by atoms with Crippen LogP contribution in [0.15, 0.2) is 47.1 Å². The van der Waals surface area contributed by atoms with Crippen LogP contribution in [0, 0.1) is 0 Å². The van der Waals surface area contributed by atoms with E-state index >= 15 is 0 Å². The van der Waals surface area contributed by atoms with Crippen molar-refractivity contribution in [2.45, 2.75) is 13.2 Å². The summed E-state index contributed by atoms with van der Waals surface area (Å²) in [7, 11) is 0. The number of aromatic carboxylic acids is 1. The summed E-state index contributed by atoms with van der Waals surface area (Å²) in [4.78, 5) is 16.0. The molecule has 0 aliphatic rings. The molecule has 0 unspecified atom stereocenters. The largest absolute Gasteiger partial charge is 0.478 e. The van der Waals surface area contributed by atoms with Crippen LogP contribution in [0.1, 0.15) is 21.7 Å². The summed E-state index contributed by atoms with van der Waals surface area (Å²) >= 11 is 0. The number of furan rings is 1. The summed E-state index contributed by atoms with van der Waals surface area (Å²) in [5.74, 6) is -0.667. The van der Waals surface area contributed by atoms with E-state index in [4.69, 9.17) is 14.4 Å². The van der Waals surface area contributed by atoms with Crippen molar-refractivity contribution in [3.63, 3.8) is 0 Å². The molecule has 1 aromatic heterocycles. The molecule has 1 heterocycles. The van der Waals surface area contributed by atoms with E-state index in [1.54, 1.807) is 0 Å². The van der Waals surface area contributed by atoms with Gasteiger partial charge in [0.1, 0.15) is 11.3 Å². The first-order chi connectivity index (χ1) is 8.77. The first kappa shape index (κ1) is 12.3. The van der Waals surface area contributed by atoms with Crippen LogP contribution in [0.2, 0.25) is 0 Å². The van der Waals surface area contributed by atoms with Gasteiger partial charge in [-0.25, -0.2) is 4.79 Å². The lowest BCUT2D eigenvalue weighted by atomic mass is 10.2. The third-order valence-electron chi connectivity index (χ3n) is 2.39. The molecule has 5 heteroatoms. The minimum atomic E-state index is -1.01. The Kier molecular flexibility index (Phi) is 4.11. The van der Waals surface area contributed by atoms with Crippen LogP contribution in [0.4, 0.5) is 0 Å². The van der Waals surface area contributed by atoms with E-state index in [0.717, 1.165) is 5.56 Å². The van der Waals surface area contributed by atoms with Crippen molar-refractivity contribution in [1.82, 2.24) is 5.48 Å². The van der Waals surface area contributed by atoms with Gasteiger partial charge in [-0.3, -0.25) is 4.84 Å². The van der Waals surface area contributed by atoms with Crippen molar-refractivity contribution in [3.05, 3.63) is 59.5 Å². The smallest absolute Gasteiger partial charge is 0.339 e. The number of benzene rings is 1. The minimum Gasteiger partial charge on any atom is -0.478 e. The Hall–Kier alpha value is -2.11. The highest BCUT2D eigenvalue weighted by Gasteiger charge is 2.12. The second-order valence-corrected chi connectivity index (χ2v) is 3.66. The molecule has 0 spiro atoms. The first-order valence-electron chi connectivity index (χ1n) is 5.45. The third-order valence-corrected chi connectivity index (χ3v) is 2.39. The maximum absolute atomic E-state index is 10.8. The van der Waals surface area contributed by atoms with Crippen LogP contribution in [-0.4, -0.2) is 11.1 Å². The monoisotopic (exact) mass is 247 g/mol. The Morgan fingerprint density at radius 2 is 2.06 bits per heavy atom. The van der Waals surface area contributed by atoms with Gasteiger partial charge >= 0.3 is 5.97 Å². The Balaban J connectivity index is 1.79. The van der Waals surface area contributed by atoms with Gasteiger partial charge in [-0.1, -0.05) is 30.3 Å². The van der Waals surface area contributed by atoms with Crippen molar-refractivity contribution >= 4 is 5.97 Å². The number of carbonyl (C=O) groups is 1. The van der Waals surface area contributed by atoms with E-state index in [2.05, 4.69) is 5.48 Å². The lowest BCUT2D eigenvalue weighted by Crippen LogP contribution is -2.15. The molecule has 0 atom stereocenters. The minimum absolute atomic E-state index is 0.144. The van der Waals surface area contributed by atoms with Gasteiger partial charge in [-0.05, 0) is 11.6 Å². The fourth-order valence-electron chi connectivity index (χ4n) is 1.49. The predicted molar refractivity (Wildman–Crippen MR) is 63.7 cm³/mol. The number of carboxylic acids is 1. The first-order valence-corrected chi connectivity index (χ1v) is 5.45. The van der Waals surface area contributed by atoms with E-state index in [1.807, 2.05) is 30.3 Å². The summed E-state index contributed by atoms with van der Waals surface area (Å²) in [6, 6.07) is 11.1. The van der Waals surface area contributed by atoms with Crippen LogP contribution in [0.3, 0.4) is 0 Å². The molecule has 0 aliphatic heterocycles. The maximum atomic E-state index is 10.8. The molecule has 2 rings (SSSR count). The molecule has 0 saturated carbocycles. The van der Waals surface area contributed by atoms with Gasteiger partial charge in [-0.15, -0.1) is 0 Å². The number of nitrogens with one attached hydrogen (secondary N) is 1. The van der Waals surface area contributed by atoms with Crippen molar-refractivity contribution in [3.8, 4) is 0 Å². The average Bonchev–Trinajstić information content (AvgIpc) is 2.84. The quantitative estimate of drug-likeness (QED) is 0.604. The fraction of sp³-hybridized carbons (Fsp3) is 0.154. The zero-order valence-corrected chi connectivity index (χ0v) is 9.63. The summed E-state index contributed by atoms with van der Waals surface area (Å²) in [6.45, 7) is 0.616. The van der Waals surface area contributed by atoms with E-state index in [9.17, 15) is 4.79 Å². The van der Waals surface area contributed by atoms with Crippen LogP contribution in [0.5, 0.6) is 0 Å². The van der Waals surface area contributed by atoms with Crippen molar-refractivity contribution in [2.75, 3.05) is 0 Å². The normalized spacial score (nSPS) is 10.4. The Morgan fingerprint density at radius 1 is 1.28 bits per heavy atom. The lowest BCUT2D eigenvalue weighted by Gasteiger charge is -2.04. The second kappa shape index (κ2) is 6.00. The molecule has 18 heavy (non-hydrogen) atoms. The van der Waals surface area contributed by atoms with Gasteiger partial charge in [0.25, 0.3) is 0 Å². The molecule has 2 N–H and O–H groups in total. The van der Waals surface area contributed by atoms with E-state index in [0.29, 0.717) is 12.4 Å². The molecule has 0 aliphatic carbocycles. The van der Waals surface area contributed by atoms with Crippen LogP contribution in [0.25, 0.3) is 0 Å². The summed E-state index contributed by atoms with van der Waals surface area (Å²) in [5.41, 5.74) is 3.85. The van der Waals surface area contributed by atoms with E-state index in [-0.39, 0.29) is 12.1 Å².